The molecule has 3 heteroatoms. The molecule has 21 heavy (non-hydrogen) atoms. The molecule has 0 radical (unpaired) electrons. The van der Waals surface area contributed by atoms with Crippen molar-refractivity contribution in [3.8, 4) is 5.75 Å². The van der Waals surface area contributed by atoms with Crippen LogP contribution in [0, 0.1) is 0 Å². The van der Waals surface area contributed by atoms with Crippen molar-refractivity contribution in [3.63, 3.8) is 0 Å². The molecule has 0 bridgehead atoms. The monoisotopic (exact) mass is 282 g/mol. The van der Waals surface area contributed by atoms with Crippen molar-refractivity contribution in [2.75, 3.05) is 19.4 Å². The third-order valence-electron chi connectivity index (χ3n) is 4.21. The van der Waals surface area contributed by atoms with Crippen LogP contribution >= 0.6 is 0 Å². The van der Waals surface area contributed by atoms with Crippen LogP contribution in [0.25, 0.3) is 0 Å². The molecule has 0 aliphatic heterocycles. The zero-order valence-corrected chi connectivity index (χ0v) is 12.4. The van der Waals surface area contributed by atoms with Crippen molar-refractivity contribution in [2.24, 2.45) is 0 Å². The molecule has 3 rings (SSSR count). The van der Waals surface area contributed by atoms with E-state index in [2.05, 4.69) is 29.6 Å². The van der Waals surface area contributed by atoms with E-state index in [0.717, 1.165) is 30.8 Å². The Morgan fingerprint density at radius 2 is 2.00 bits per heavy atom. The van der Waals surface area contributed by atoms with Gasteiger partial charge in [-0.15, -0.1) is 0 Å². The summed E-state index contributed by atoms with van der Waals surface area (Å²) in [7, 11) is 1.70. The second-order valence-corrected chi connectivity index (χ2v) is 5.60. The lowest BCUT2D eigenvalue weighted by Gasteiger charge is -2.14. The molecule has 2 aromatic carbocycles. The van der Waals surface area contributed by atoms with Gasteiger partial charge in [-0.05, 0) is 66.8 Å². The van der Waals surface area contributed by atoms with Gasteiger partial charge in [0, 0.05) is 11.7 Å². The van der Waals surface area contributed by atoms with Crippen LogP contribution in [0.3, 0.4) is 0 Å². The fourth-order valence-corrected chi connectivity index (χ4v) is 3.03. The zero-order chi connectivity index (χ0) is 14.7. The molecule has 110 valence electrons. The van der Waals surface area contributed by atoms with Crippen molar-refractivity contribution in [1.29, 1.82) is 0 Å². The van der Waals surface area contributed by atoms with E-state index in [0.29, 0.717) is 6.04 Å². The molecule has 0 saturated carbocycles. The molecule has 0 fully saturated rings. The van der Waals surface area contributed by atoms with E-state index < -0.39 is 0 Å². The maximum absolute atomic E-state index is 5.85. The van der Waals surface area contributed by atoms with Gasteiger partial charge in [0.25, 0.3) is 0 Å². The molecule has 0 spiro atoms. The average Bonchev–Trinajstić information content (AvgIpc) is 2.90. The molecule has 2 aromatic rings. The summed E-state index contributed by atoms with van der Waals surface area (Å²) in [6.07, 6.45) is 3.33. The number of nitrogens with two attached hydrogens (primary N) is 1. The first-order valence-electron chi connectivity index (χ1n) is 7.51. The Morgan fingerprint density at radius 1 is 1.19 bits per heavy atom. The highest BCUT2D eigenvalue weighted by molar-refractivity contribution is 5.47. The van der Waals surface area contributed by atoms with Crippen LogP contribution in [-0.2, 0) is 12.8 Å². The van der Waals surface area contributed by atoms with Crippen LogP contribution in [0.2, 0.25) is 0 Å². The van der Waals surface area contributed by atoms with Gasteiger partial charge in [0.2, 0.25) is 0 Å². The summed E-state index contributed by atoms with van der Waals surface area (Å²) >= 11 is 0. The van der Waals surface area contributed by atoms with Gasteiger partial charge in [-0.2, -0.15) is 0 Å². The highest BCUT2D eigenvalue weighted by Gasteiger charge is 2.21. The van der Waals surface area contributed by atoms with Crippen LogP contribution in [0.1, 0.15) is 29.2 Å². The van der Waals surface area contributed by atoms with Gasteiger partial charge >= 0.3 is 0 Å². The summed E-state index contributed by atoms with van der Waals surface area (Å²) in [5.74, 6) is 0.911. The number of benzene rings is 2. The van der Waals surface area contributed by atoms with Crippen molar-refractivity contribution in [3.05, 3.63) is 59.2 Å². The van der Waals surface area contributed by atoms with Gasteiger partial charge in [-0.1, -0.05) is 18.2 Å². The molecule has 1 atom stereocenters. The number of nitrogens with one attached hydrogen (secondary N) is 1. The van der Waals surface area contributed by atoms with Gasteiger partial charge in [0.05, 0.1) is 7.11 Å². The number of nitrogen functional groups attached to an aromatic ring is 1. The van der Waals surface area contributed by atoms with Crippen molar-refractivity contribution < 1.29 is 4.74 Å². The Morgan fingerprint density at radius 3 is 2.76 bits per heavy atom. The molecular weight excluding hydrogens is 260 g/mol. The minimum absolute atomic E-state index is 0.471. The predicted molar refractivity (Wildman–Crippen MR) is 86.6 cm³/mol. The number of ether oxygens (including phenoxy) is 1. The maximum atomic E-state index is 5.85. The molecular formula is C18H22N2O. The molecule has 3 N–H and O–H groups in total. The molecule has 3 nitrogen and oxygen atoms in total. The van der Waals surface area contributed by atoms with E-state index in [9.17, 15) is 0 Å². The summed E-state index contributed by atoms with van der Waals surface area (Å²) in [6.45, 7) is 0.987. The summed E-state index contributed by atoms with van der Waals surface area (Å²) in [6, 6.07) is 15.0. The summed E-state index contributed by atoms with van der Waals surface area (Å²) in [5, 5.41) is 3.66. The van der Waals surface area contributed by atoms with Crippen LogP contribution in [0.5, 0.6) is 5.75 Å². The van der Waals surface area contributed by atoms with E-state index >= 15 is 0 Å². The van der Waals surface area contributed by atoms with Gasteiger partial charge in [0.1, 0.15) is 5.75 Å². The second kappa shape index (κ2) is 6.19. The first-order chi connectivity index (χ1) is 10.3. The van der Waals surface area contributed by atoms with E-state index in [1.54, 1.807) is 7.11 Å². The minimum atomic E-state index is 0.471. The van der Waals surface area contributed by atoms with Crippen LogP contribution in [-0.4, -0.2) is 13.7 Å². The lowest BCUT2D eigenvalue weighted by atomic mass is 10.1. The number of anilines is 1. The first-order valence-corrected chi connectivity index (χ1v) is 7.51. The molecule has 1 aliphatic rings. The largest absolute Gasteiger partial charge is 0.497 e. The summed E-state index contributed by atoms with van der Waals surface area (Å²) in [5.41, 5.74) is 10.9. The van der Waals surface area contributed by atoms with Crippen molar-refractivity contribution in [2.45, 2.75) is 25.3 Å². The number of aryl methyl sites for hydroxylation is 1. The molecule has 0 heterocycles. The third-order valence-corrected chi connectivity index (χ3v) is 4.21. The number of rotatable bonds is 5. The zero-order valence-electron chi connectivity index (χ0n) is 12.4. The fraction of sp³-hybridized carbons (Fsp3) is 0.333. The highest BCUT2D eigenvalue weighted by Crippen LogP contribution is 2.32. The Labute approximate surface area is 126 Å². The van der Waals surface area contributed by atoms with Gasteiger partial charge < -0.3 is 15.8 Å². The number of hydrogen-bond acceptors (Lipinski definition) is 3. The Kier molecular flexibility index (Phi) is 4.11. The van der Waals surface area contributed by atoms with E-state index in [1.807, 2.05) is 18.2 Å². The summed E-state index contributed by atoms with van der Waals surface area (Å²) < 4.78 is 5.18. The molecule has 1 aliphatic carbocycles. The predicted octanol–water partition coefficient (Wildman–Crippen LogP) is 3.10. The molecule has 1 unspecified atom stereocenters. The van der Waals surface area contributed by atoms with Crippen molar-refractivity contribution in [1.82, 2.24) is 5.32 Å². The van der Waals surface area contributed by atoms with Gasteiger partial charge in [-0.3, -0.25) is 0 Å². The smallest absolute Gasteiger partial charge is 0.118 e. The number of methoxy groups -OCH3 is 1. The number of hydrogen-bond donors (Lipinski definition) is 2. The standard InChI is InChI=1S/C18H22N2O/c1-21-16-6-2-13(3-7-16)10-11-20-18-9-4-14-12-15(19)5-8-17(14)18/h2-3,5-8,12,18,20H,4,9-11,19H2,1H3. The second-order valence-electron chi connectivity index (χ2n) is 5.60. The van der Waals surface area contributed by atoms with Crippen LogP contribution < -0.4 is 15.8 Å². The SMILES string of the molecule is COc1ccc(CCNC2CCc3cc(N)ccc32)cc1. The topological polar surface area (TPSA) is 47.3 Å². The number of fused-ring (bicyclic) bond motifs is 1. The average molecular weight is 282 g/mol. The minimum Gasteiger partial charge on any atom is -0.497 e. The van der Waals surface area contributed by atoms with E-state index in [1.165, 1.54) is 23.1 Å². The molecule has 0 saturated heterocycles. The Hall–Kier alpha value is -2.00. The molecule has 0 amide bonds. The van der Waals surface area contributed by atoms with Gasteiger partial charge in [-0.25, -0.2) is 0 Å². The highest BCUT2D eigenvalue weighted by atomic mass is 16.5. The Bertz CT molecular complexity index is 607. The third kappa shape index (κ3) is 3.19. The normalized spacial score (nSPS) is 16.7. The van der Waals surface area contributed by atoms with Crippen LogP contribution in [0.4, 0.5) is 5.69 Å². The maximum Gasteiger partial charge on any atom is 0.118 e. The van der Waals surface area contributed by atoms with E-state index in [-0.39, 0.29) is 0 Å². The summed E-state index contributed by atoms with van der Waals surface area (Å²) in [4.78, 5) is 0. The lowest BCUT2D eigenvalue weighted by molar-refractivity contribution is 0.414. The first kappa shape index (κ1) is 14.0. The molecule has 0 aromatic heterocycles. The lowest BCUT2D eigenvalue weighted by Crippen LogP contribution is -2.21. The van der Waals surface area contributed by atoms with Crippen molar-refractivity contribution >= 4 is 5.69 Å². The Balaban J connectivity index is 1.55. The quantitative estimate of drug-likeness (QED) is 0.828. The van der Waals surface area contributed by atoms with Gasteiger partial charge in [0.15, 0.2) is 0 Å². The van der Waals surface area contributed by atoms with Crippen LogP contribution in [0.15, 0.2) is 42.5 Å². The van der Waals surface area contributed by atoms with E-state index in [4.69, 9.17) is 10.5 Å². The fourth-order valence-electron chi connectivity index (χ4n) is 3.03.